The molecule has 0 saturated carbocycles. The molecule has 0 fully saturated rings. The molecule has 0 aliphatic rings. The third-order valence-electron chi connectivity index (χ3n) is 4.83. The normalized spacial score (nSPS) is 12.3. The number of hydrogen-bond donors (Lipinski definition) is 1. The van der Waals surface area contributed by atoms with Gasteiger partial charge in [0, 0.05) is 11.6 Å². The van der Waals surface area contributed by atoms with Crippen molar-refractivity contribution in [1.29, 1.82) is 0 Å². The topological polar surface area (TPSA) is 20.2 Å². The molecule has 1 N–H and O–H groups in total. The average Bonchev–Trinajstić information content (AvgIpc) is 2.57. The first-order chi connectivity index (χ1) is 11.6. The Balaban J connectivity index is 2.08. The molecule has 0 aromatic heterocycles. The van der Waals surface area contributed by atoms with Gasteiger partial charge in [0.15, 0.2) is 0 Å². The molecule has 0 heterocycles. The van der Waals surface area contributed by atoms with Crippen LogP contribution in [0.2, 0.25) is 5.02 Å². The Hall–Kier alpha value is -1.31. The van der Waals surface area contributed by atoms with E-state index >= 15 is 0 Å². The minimum absolute atomic E-state index is 0.306. The lowest BCUT2D eigenvalue weighted by Gasteiger charge is -2.19. The van der Waals surface area contributed by atoms with Crippen LogP contribution in [0.25, 0.3) is 0 Å². The van der Waals surface area contributed by atoms with E-state index in [0.717, 1.165) is 24.3 Å². The zero-order valence-corrected chi connectivity index (χ0v) is 15.6. The van der Waals surface area contributed by atoms with Gasteiger partial charge in [-0.15, -0.1) is 0 Å². The lowest BCUT2D eigenvalue weighted by molar-refractivity contribution is 0.282. The zero-order chi connectivity index (χ0) is 17.4. The summed E-state index contributed by atoms with van der Waals surface area (Å²) in [6.45, 7) is 4.65. The largest absolute Gasteiger partial charge is 0.396 e. The van der Waals surface area contributed by atoms with Gasteiger partial charge >= 0.3 is 0 Å². The van der Waals surface area contributed by atoms with Crippen LogP contribution in [0.1, 0.15) is 60.3 Å². The molecule has 24 heavy (non-hydrogen) atoms. The maximum atomic E-state index is 8.91. The molecule has 0 bridgehead atoms. The van der Waals surface area contributed by atoms with Gasteiger partial charge in [-0.05, 0) is 73.4 Å². The van der Waals surface area contributed by atoms with Gasteiger partial charge in [-0.1, -0.05) is 61.2 Å². The Bertz CT molecular complexity index is 636. The van der Waals surface area contributed by atoms with Crippen LogP contribution in [0, 0.1) is 13.8 Å². The van der Waals surface area contributed by atoms with Crippen LogP contribution in [0.3, 0.4) is 0 Å². The van der Waals surface area contributed by atoms with Crippen molar-refractivity contribution in [2.24, 2.45) is 0 Å². The van der Waals surface area contributed by atoms with Crippen molar-refractivity contribution in [3.63, 3.8) is 0 Å². The maximum Gasteiger partial charge on any atom is 0.0431 e. The Kier molecular flexibility index (Phi) is 7.81. The first-order valence-corrected chi connectivity index (χ1v) is 9.40. The van der Waals surface area contributed by atoms with E-state index in [1.54, 1.807) is 0 Å². The van der Waals surface area contributed by atoms with Gasteiger partial charge in [-0.25, -0.2) is 0 Å². The Labute approximate surface area is 151 Å². The molecule has 2 rings (SSSR count). The number of hydrogen-bond acceptors (Lipinski definition) is 1. The van der Waals surface area contributed by atoms with Crippen LogP contribution in [0.4, 0.5) is 0 Å². The lowest BCUT2D eigenvalue weighted by atomic mass is 9.87. The number of halogens is 1. The number of aliphatic hydroxyl groups excluding tert-OH is 1. The van der Waals surface area contributed by atoms with E-state index in [0.29, 0.717) is 12.5 Å². The van der Waals surface area contributed by atoms with Crippen LogP contribution in [0.5, 0.6) is 0 Å². The summed E-state index contributed by atoms with van der Waals surface area (Å²) in [4.78, 5) is 0. The minimum atomic E-state index is 0.306. The fourth-order valence-electron chi connectivity index (χ4n) is 3.22. The molecule has 1 atom stereocenters. The summed E-state index contributed by atoms with van der Waals surface area (Å²) in [6, 6.07) is 15.1. The highest BCUT2D eigenvalue weighted by atomic mass is 35.5. The molecule has 1 unspecified atom stereocenters. The molecule has 2 aromatic rings. The average molecular weight is 345 g/mol. The number of benzene rings is 2. The Morgan fingerprint density at radius 1 is 0.917 bits per heavy atom. The van der Waals surface area contributed by atoms with Crippen molar-refractivity contribution in [3.8, 4) is 0 Å². The third kappa shape index (κ3) is 5.96. The summed E-state index contributed by atoms with van der Waals surface area (Å²) in [5, 5.41) is 9.73. The highest BCUT2D eigenvalue weighted by molar-refractivity contribution is 6.30. The van der Waals surface area contributed by atoms with Crippen LogP contribution in [-0.4, -0.2) is 11.7 Å². The SMILES string of the molecule is Cc1ccc(CC(CCCCCCO)c2cccc(Cl)c2)cc1C. The number of aliphatic hydroxyl groups is 1. The van der Waals surface area contributed by atoms with Gasteiger partial charge < -0.3 is 5.11 Å². The standard InChI is InChI=1S/C22H29ClO/c1-17-11-12-19(14-18(17)2)15-20(8-5-3-4-6-13-24)21-9-7-10-22(23)16-21/h7,9-12,14,16,20,24H,3-6,8,13,15H2,1-2H3. The van der Waals surface area contributed by atoms with Crippen LogP contribution < -0.4 is 0 Å². The Morgan fingerprint density at radius 3 is 2.42 bits per heavy atom. The first kappa shape index (κ1) is 19.0. The van der Waals surface area contributed by atoms with E-state index in [1.807, 2.05) is 6.07 Å². The Morgan fingerprint density at radius 2 is 1.71 bits per heavy atom. The molecular formula is C22H29ClO. The third-order valence-corrected chi connectivity index (χ3v) is 5.07. The number of unbranched alkanes of at least 4 members (excludes halogenated alkanes) is 3. The van der Waals surface area contributed by atoms with E-state index in [1.165, 1.54) is 41.5 Å². The summed E-state index contributed by atoms with van der Waals surface area (Å²) < 4.78 is 0. The van der Waals surface area contributed by atoms with Gasteiger partial charge in [0.2, 0.25) is 0 Å². The summed E-state index contributed by atoms with van der Waals surface area (Å²) in [7, 11) is 0. The van der Waals surface area contributed by atoms with Crippen LogP contribution in [-0.2, 0) is 6.42 Å². The second-order valence-corrected chi connectivity index (χ2v) is 7.24. The van der Waals surface area contributed by atoms with Crippen molar-refractivity contribution in [3.05, 3.63) is 69.7 Å². The maximum absolute atomic E-state index is 8.91. The predicted molar refractivity (Wildman–Crippen MR) is 104 cm³/mol. The molecule has 130 valence electrons. The lowest BCUT2D eigenvalue weighted by Crippen LogP contribution is -2.04. The summed E-state index contributed by atoms with van der Waals surface area (Å²) in [5.74, 6) is 0.500. The predicted octanol–water partition coefficient (Wildman–Crippen LogP) is 6.23. The van der Waals surface area contributed by atoms with E-state index in [4.69, 9.17) is 16.7 Å². The molecular weight excluding hydrogens is 316 g/mol. The molecule has 0 amide bonds. The highest BCUT2D eigenvalue weighted by Crippen LogP contribution is 2.29. The van der Waals surface area contributed by atoms with Crippen molar-refractivity contribution >= 4 is 11.6 Å². The zero-order valence-electron chi connectivity index (χ0n) is 14.9. The second-order valence-electron chi connectivity index (χ2n) is 6.80. The summed E-state index contributed by atoms with van der Waals surface area (Å²) >= 11 is 6.21. The fourth-order valence-corrected chi connectivity index (χ4v) is 3.42. The van der Waals surface area contributed by atoms with Gasteiger partial charge in [0.05, 0.1) is 0 Å². The van der Waals surface area contributed by atoms with E-state index in [-0.39, 0.29) is 0 Å². The summed E-state index contributed by atoms with van der Waals surface area (Å²) in [6.07, 6.45) is 6.63. The van der Waals surface area contributed by atoms with Gasteiger partial charge in [0.1, 0.15) is 0 Å². The molecule has 0 radical (unpaired) electrons. The van der Waals surface area contributed by atoms with E-state index < -0.39 is 0 Å². The fraction of sp³-hybridized carbons (Fsp3) is 0.455. The van der Waals surface area contributed by atoms with Crippen molar-refractivity contribution in [2.45, 2.75) is 58.3 Å². The molecule has 2 aromatic carbocycles. The minimum Gasteiger partial charge on any atom is -0.396 e. The summed E-state index contributed by atoms with van der Waals surface area (Å²) in [5.41, 5.74) is 5.45. The first-order valence-electron chi connectivity index (χ1n) is 9.02. The van der Waals surface area contributed by atoms with Crippen LogP contribution in [0.15, 0.2) is 42.5 Å². The van der Waals surface area contributed by atoms with Crippen molar-refractivity contribution in [2.75, 3.05) is 6.61 Å². The van der Waals surface area contributed by atoms with Gasteiger partial charge in [-0.3, -0.25) is 0 Å². The van der Waals surface area contributed by atoms with Crippen molar-refractivity contribution in [1.82, 2.24) is 0 Å². The smallest absolute Gasteiger partial charge is 0.0431 e. The molecule has 0 spiro atoms. The monoisotopic (exact) mass is 344 g/mol. The van der Waals surface area contributed by atoms with Gasteiger partial charge in [0.25, 0.3) is 0 Å². The highest BCUT2D eigenvalue weighted by Gasteiger charge is 2.13. The second kappa shape index (κ2) is 9.86. The van der Waals surface area contributed by atoms with E-state index in [9.17, 15) is 0 Å². The van der Waals surface area contributed by atoms with Gasteiger partial charge in [-0.2, -0.15) is 0 Å². The number of rotatable bonds is 9. The molecule has 0 aliphatic heterocycles. The molecule has 1 nitrogen and oxygen atoms in total. The quantitative estimate of drug-likeness (QED) is 0.535. The molecule has 0 saturated heterocycles. The van der Waals surface area contributed by atoms with Crippen molar-refractivity contribution < 1.29 is 5.11 Å². The number of aryl methyl sites for hydroxylation is 2. The van der Waals surface area contributed by atoms with E-state index in [2.05, 4.69) is 50.2 Å². The molecule has 2 heteroatoms. The molecule has 0 aliphatic carbocycles. The van der Waals surface area contributed by atoms with Crippen LogP contribution >= 0.6 is 11.6 Å².